The molecule has 1 heterocycles. The first kappa shape index (κ1) is 16.3. The molecular weight excluding hydrogens is 314 g/mol. The maximum absolute atomic E-state index is 12.9. The molecule has 1 aromatic rings. The van der Waals surface area contributed by atoms with Crippen LogP contribution in [0.1, 0.15) is 25.3 Å². The lowest BCUT2D eigenvalue weighted by atomic mass is 10.0. The summed E-state index contributed by atoms with van der Waals surface area (Å²) in [5, 5.41) is 0.384. The first-order valence-electron chi connectivity index (χ1n) is 6.61. The smallest absolute Gasteiger partial charge is 0.327 e. The molecule has 0 amide bonds. The van der Waals surface area contributed by atoms with Gasteiger partial charge in [-0.15, -0.1) is 0 Å². The van der Waals surface area contributed by atoms with Crippen LogP contribution in [-0.4, -0.2) is 37.9 Å². The molecule has 0 aromatic heterocycles. The van der Waals surface area contributed by atoms with E-state index < -0.39 is 21.5 Å². The number of ether oxygens (including phenoxy) is 1. The molecule has 116 valence electrons. The molecular formula is C14H18ClNO4S. The maximum Gasteiger partial charge on any atom is 0.327 e. The van der Waals surface area contributed by atoms with Crippen LogP contribution in [0.15, 0.2) is 23.1 Å². The second-order valence-corrected chi connectivity index (χ2v) is 7.55. The van der Waals surface area contributed by atoms with Gasteiger partial charge in [0, 0.05) is 11.6 Å². The Bertz CT molecular complexity index is 674. The monoisotopic (exact) mass is 331 g/mol. The fourth-order valence-corrected chi connectivity index (χ4v) is 5.01. The van der Waals surface area contributed by atoms with Crippen LogP contribution in [0.5, 0.6) is 0 Å². The van der Waals surface area contributed by atoms with Crippen molar-refractivity contribution in [2.45, 2.75) is 37.1 Å². The highest BCUT2D eigenvalue weighted by Crippen LogP contribution is 2.37. The van der Waals surface area contributed by atoms with E-state index in [9.17, 15) is 13.2 Å². The fourth-order valence-electron chi connectivity index (χ4n) is 2.73. The van der Waals surface area contributed by atoms with Gasteiger partial charge >= 0.3 is 5.97 Å². The summed E-state index contributed by atoms with van der Waals surface area (Å²) in [5.41, 5.74) is -0.680. The number of hydrogen-bond donors (Lipinski definition) is 0. The van der Waals surface area contributed by atoms with Gasteiger partial charge in [0.2, 0.25) is 10.0 Å². The lowest BCUT2D eigenvalue weighted by molar-refractivity contribution is -0.149. The number of esters is 1. The molecule has 5 nitrogen and oxygen atoms in total. The molecule has 0 radical (unpaired) electrons. The van der Waals surface area contributed by atoms with E-state index in [1.54, 1.807) is 26.0 Å². The van der Waals surface area contributed by atoms with Crippen LogP contribution in [-0.2, 0) is 19.6 Å². The van der Waals surface area contributed by atoms with Gasteiger partial charge in [-0.3, -0.25) is 4.79 Å². The summed E-state index contributed by atoms with van der Waals surface area (Å²) < 4.78 is 31.8. The third kappa shape index (κ3) is 2.56. The first-order valence-corrected chi connectivity index (χ1v) is 8.43. The Balaban J connectivity index is 2.53. The normalized spacial score (nSPS) is 23.2. The van der Waals surface area contributed by atoms with Crippen LogP contribution in [0.3, 0.4) is 0 Å². The van der Waals surface area contributed by atoms with Crippen molar-refractivity contribution in [3.8, 4) is 0 Å². The van der Waals surface area contributed by atoms with Crippen LogP contribution in [0.25, 0.3) is 0 Å². The summed E-state index contributed by atoms with van der Waals surface area (Å²) in [4.78, 5) is 12.2. The van der Waals surface area contributed by atoms with Gasteiger partial charge in [-0.25, -0.2) is 8.42 Å². The van der Waals surface area contributed by atoms with Gasteiger partial charge in [0.1, 0.15) is 5.54 Å². The van der Waals surface area contributed by atoms with E-state index in [0.717, 1.165) is 0 Å². The molecule has 1 aromatic carbocycles. The second kappa shape index (κ2) is 5.59. The van der Waals surface area contributed by atoms with Crippen molar-refractivity contribution in [2.75, 3.05) is 13.7 Å². The van der Waals surface area contributed by atoms with Gasteiger partial charge in [-0.1, -0.05) is 17.7 Å². The first-order chi connectivity index (χ1) is 9.75. The number of halogens is 1. The molecule has 1 unspecified atom stereocenters. The van der Waals surface area contributed by atoms with Crippen LogP contribution in [0.2, 0.25) is 5.02 Å². The van der Waals surface area contributed by atoms with Crippen molar-refractivity contribution in [1.29, 1.82) is 0 Å². The third-order valence-corrected chi connectivity index (χ3v) is 6.56. The summed E-state index contributed by atoms with van der Waals surface area (Å²) in [6, 6.07) is 4.74. The van der Waals surface area contributed by atoms with Crippen LogP contribution < -0.4 is 0 Å². The summed E-state index contributed by atoms with van der Waals surface area (Å²) >= 11 is 6.01. The Labute approximate surface area is 129 Å². The Hall–Kier alpha value is -1.11. The molecule has 0 aliphatic carbocycles. The van der Waals surface area contributed by atoms with Gasteiger partial charge in [-0.2, -0.15) is 4.31 Å². The predicted molar refractivity (Wildman–Crippen MR) is 79.7 cm³/mol. The number of sulfonamides is 1. The Morgan fingerprint density at radius 1 is 1.43 bits per heavy atom. The summed E-state index contributed by atoms with van der Waals surface area (Å²) in [6.07, 6.45) is 1.06. The molecule has 1 atom stereocenters. The van der Waals surface area contributed by atoms with Crippen molar-refractivity contribution in [2.24, 2.45) is 0 Å². The number of carbonyl (C=O) groups excluding carboxylic acids is 1. The Kier molecular flexibility index (Phi) is 4.33. The second-order valence-electron chi connectivity index (χ2n) is 5.31. The highest BCUT2D eigenvalue weighted by Gasteiger charge is 2.50. The number of methoxy groups -OCH3 is 1. The van der Waals surface area contributed by atoms with Crippen molar-refractivity contribution < 1.29 is 17.9 Å². The van der Waals surface area contributed by atoms with Crippen molar-refractivity contribution in [3.63, 3.8) is 0 Å². The largest absolute Gasteiger partial charge is 0.468 e. The lowest BCUT2D eigenvalue weighted by Crippen LogP contribution is -2.51. The van der Waals surface area contributed by atoms with E-state index in [1.165, 1.54) is 17.5 Å². The quantitative estimate of drug-likeness (QED) is 0.798. The number of carbonyl (C=O) groups is 1. The average Bonchev–Trinajstić information content (AvgIpc) is 2.84. The van der Waals surface area contributed by atoms with Crippen LogP contribution in [0.4, 0.5) is 0 Å². The predicted octanol–water partition coefficient (Wildman–Crippen LogP) is 2.36. The number of rotatable bonds is 3. The zero-order valence-electron chi connectivity index (χ0n) is 12.2. The van der Waals surface area contributed by atoms with E-state index >= 15 is 0 Å². The minimum Gasteiger partial charge on any atom is -0.468 e. The van der Waals surface area contributed by atoms with Crippen LogP contribution >= 0.6 is 11.6 Å². The van der Waals surface area contributed by atoms with Gasteiger partial charge in [0.05, 0.1) is 12.0 Å². The van der Waals surface area contributed by atoms with E-state index in [1.807, 2.05) is 0 Å². The van der Waals surface area contributed by atoms with Crippen molar-refractivity contribution >= 4 is 27.6 Å². The van der Waals surface area contributed by atoms with E-state index in [0.29, 0.717) is 30.0 Å². The molecule has 1 aliphatic heterocycles. The SMILES string of the molecule is COC(=O)C1(C)CCCN1S(=O)(=O)c1cccc(Cl)c1C. The molecule has 21 heavy (non-hydrogen) atoms. The molecule has 1 fully saturated rings. The van der Waals surface area contributed by atoms with E-state index in [-0.39, 0.29) is 4.90 Å². The zero-order valence-corrected chi connectivity index (χ0v) is 13.8. The highest BCUT2D eigenvalue weighted by molar-refractivity contribution is 7.89. The van der Waals surface area contributed by atoms with Crippen molar-refractivity contribution in [3.05, 3.63) is 28.8 Å². The molecule has 1 saturated heterocycles. The topological polar surface area (TPSA) is 63.7 Å². The Morgan fingerprint density at radius 2 is 2.10 bits per heavy atom. The summed E-state index contributed by atoms with van der Waals surface area (Å²) in [7, 11) is -2.54. The van der Waals surface area contributed by atoms with E-state index in [2.05, 4.69) is 0 Å². The zero-order chi connectivity index (χ0) is 15.8. The van der Waals surface area contributed by atoms with Crippen LogP contribution in [0, 0.1) is 6.92 Å². The minimum atomic E-state index is -3.81. The van der Waals surface area contributed by atoms with Crippen molar-refractivity contribution in [1.82, 2.24) is 4.31 Å². The molecule has 0 saturated carbocycles. The number of benzene rings is 1. The maximum atomic E-state index is 12.9. The molecule has 0 spiro atoms. The lowest BCUT2D eigenvalue weighted by Gasteiger charge is -2.31. The van der Waals surface area contributed by atoms with E-state index in [4.69, 9.17) is 16.3 Å². The number of nitrogens with zero attached hydrogens (tertiary/aromatic N) is 1. The molecule has 0 bridgehead atoms. The molecule has 1 aliphatic rings. The van der Waals surface area contributed by atoms with Gasteiger partial charge in [-0.05, 0) is 44.4 Å². The highest BCUT2D eigenvalue weighted by atomic mass is 35.5. The van der Waals surface area contributed by atoms with Gasteiger partial charge < -0.3 is 4.74 Å². The minimum absolute atomic E-state index is 0.132. The molecule has 7 heteroatoms. The van der Waals surface area contributed by atoms with Gasteiger partial charge in [0.15, 0.2) is 0 Å². The number of hydrogen-bond acceptors (Lipinski definition) is 4. The fraction of sp³-hybridized carbons (Fsp3) is 0.500. The average molecular weight is 332 g/mol. The molecule has 0 N–H and O–H groups in total. The molecule has 2 rings (SSSR count). The standard InChI is InChI=1S/C14H18ClNO4S/c1-10-11(15)6-4-7-12(10)21(18,19)16-9-5-8-14(16,2)13(17)20-3/h4,6-7H,5,8-9H2,1-3H3. The third-order valence-electron chi connectivity index (χ3n) is 3.99. The Morgan fingerprint density at radius 3 is 2.71 bits per heavy atom. The summed E-state index contributed by atoms with van der Waals surface area (Å²) in [5.74, 6) is -0.539. The van der Waals surface area contributed by atoms with Gasteiger partial charge in [0.25, 0.3) is 0 Å². The summed E-state index contributed by atoms with van der Waals surface area (Å²) in [6.45, 7) is 3.55.